The molecule has 4 aromatic rings. The van der Waals surface area contributed by atoms with Gasteiger partial charge in [-0.05, 0) is 61.4 Å². The van der Waals surface area contributed by atoms with Gasteiger partial charge in [-0.2, -0.15) is 0 Å². The van der Waals surface area contributed by atoms with Gasteiger partial charge in [0.25, 0.3) is 0 Å². The Labute approximate surface area is 237 Å². The Balaban J connectivity index is 1.14. The summed E-state index contributed by atoms with van der Waals surface area (Å²) in [7, 11) is 12.2. The van der Waals surface area contributed by atoms with E-state index in [1.54, 1.807) is 0 Å². The fourth-order valence-corrected chi connectivity index (χ4v) is 4.51. The van der Waals surface area contributed by atoms with Crippen LogP contribution < -0.4 is 18.9 Å². The number of imidazole rings is 2. The fourth-order valence-electron chi connectivity index (χ4n) is 4.51. The number of nitrogens with zero attached hydrogens (tertiary/aromatic N) is 10. The minimum atomic E-state index is 0.807. The molecule has 0 bridgehead atoms. The molecule has 10 heteroatoms. The summed E-state index contributed by atoms with van der Waals surface area (Å²) in [6.45, 7) is 2.07. The van der Waals surface area contributed by atoms with Gasteiger partial charge in [0.2, 0.25) is 0 Å². The van der Waals surface area contributed by atoms with Crippen molar-refractivity contribution >= 4 is 34.6 Å². The normalized spacial score (nSPS) is 11.7. The zero-order valence-corrected chi connectivity index (χ0v) is 24.6. The zero-order chi connectivity index (χ0) is 28.5. The first-order chi connectivity index (χ1) is 19.3. The Morgan fingerprint density at radius 3 is 1.27 bits per heavy atom. The maximum atomic E-state index is 4.38. The number of aromatic nitrogens is 4. The summed E-state index contributed by atoms with van der Waals surface area (Å²) < 4.78 is 7.79. The maximum absolute atomic E-state index is 4.38. The number of aryl methyl sites for hydroxylation is 4. The van der Waals surface area contributed by atoms with Gasteiger partial charge in [0.15, 0.2) is 0 Å². The molecule has 2 heterocycles. The summed E-state index contributed by atoms with van der Waals surface area (Å²) in [5.41, 5.74) is 4.10. The highest BCUT2D eigenvalue weighted by Crippen LogP contribution is 2.22. The van der Waals surface area contributed by atoms with E-state index in [1.807, 2.05) is 95.5 Å². The van der Waals surface area contributed by atoms with Crippen molar-refractivity contribution in [2.45, 2.75) is 25.7 Å². The molecule has 10 nitrogen and oxygen atoms in total. The van der Waals surface area contributed by atoms with Gasteiger partial charge < -0.3 is 9.80 Å². The van der Waals surface area contributed by atoms with Crippen molar-refractivity contribution < 1.29 is 9.13 Å². The highest BCUT2D eigenvalue weighted by molar-refractivity contribution is 5.53. The summed E-state index contributed by atoms with van der Waals surface area (Å²) >= 11 is 0. The summed E-state index contributed by atoms with van der Waals surface area (Å²) in [6.07, 6.45) is 12.6. The maximum Gasteiger partial charge on any atom is 0.421 e. The van der Waals surface area contributed by atoms with E-state index in [9.17, 15) is 0 Å². The first-order valence-electron chi connectivity index (χ1n) is 13.8. The monoisotopic (exact) mass is 542 g/mol. The third-order valence-electron chi connectivity index (χ3n) is 7.12. The Morgan fingerprint density at radius 2 is 0.950 bits per heavy atom. The van der Waals surface area contributed by atoms with Crippen molar-refractivity contribution in [3.05, 3.63) is 73.3 Å². The Hall–Kier alpha value is -4.34. The molecule has 0 N–H and O–H groups in total. The standard InChI is InChI=1S/C30H42N10/c1-35(27-15-11-25(12-16-27)31-33-29-37(3)21-22-38(29)4)19-9-7-8-10-20-36(2)28-17-13-26(14-18-28)32-34-30-39(5)23-24-40(30)6/h11-18,21-24H,7-10,19-20H2,1-6H3/q+2. The molecule has 0 aliphatic carbocycles. The molecule has 0 saturated carbocycles. The molecule has 40 heavy (non-hydrogen) atoms. The van der Waals surface area contributed by atoms with E-state index in [-0.39, 0.29) is 0 Å². The van der Waals surface area contributed by atoms with Crippen LogP contribution >= 0.6 is 0 Å². The van der Waals surface area contributed by atoms with Crippen molar-refractivity contribution in [2.24, 2.45) is 48.6 Å². The van der Waals surface area contributed by atoms with Crippen molar-refractivity contribution in [1.29, 1.82) is 0 Å². The van der Waals surface area contributed by atoms with E-state index >= 15 is 0 Å². The minimum Gasteiger partial charge on any atom is -0.375 e. The molecule has 210 valence electrons. The predicted octanol–water partition coefficient (Wildman–Crippen LogP) is 5.98. The van der Waals surface area contributed by atoms with Gasteiger partial charge in [-0.25, -0.2) is 18.3 Å². The summed E-state index contributed by atoms with van der Waals surface area (Å²) in [4.78, 5) is 4.61. The van der Waals surface area contributed by atoms with Gasteiger partial charge in [-0.15, -0.1) is 0 Å². The largest absolute Gasteiger partial charge is 0.421 e. The number of rotatable bonds is 13. The van der Waals surface area contributed by atoms with E-state index in [0.29, 0.717) is 0 Å². The van der Waals surface area contributed by atoms with Gasteiger partial charge in [-0.1, -0.05) is 23.1 Å². The molecular weight excluding hydrogens is 500 g/mol. The molecule has 2 aromatic heterocycles. The van der Waals surface area contributed by atoms with Crippen LogP contribution in [0, 0.1) is 0 Å². The molecule has 0 aliphatic heterocycles. The van der Waals surface area contributed by atoms with E-state index in [1.165, 1.54) is 37.1 Å². The molecule has 0 atom stereocenters. The Bertz CT molecular complexity index is 1270. The summed E-state index contributed by atoms with van der Waals surface area (Å²) in [5.74, 6) is 1.61. The molecule has 0 amide bonds. The van der Waals surface area contributed by atoms with Crippen molar-refractivity contribution in [1.82, 2.24) is 9.13 Å². The molecule has 0 aliphatic rings. The molecule has 4 rings (SSSR count). The van der Waals surface area contributed by atoms with Crippen LogP contribution in [0.3, 0.4) is 0 Å². The molecule has 2 aromatic carbocycles. The lowest BCUT2D eigenvalue weighted by Gasteiger charge is -2.20. The third-order valence-corrected chi connectivity index (χ3v) is 7.12. The fraction of sp³-hybridized carbons (Fsp3) is 0.400. The number of anilines is 2. The Morgan fingerprint density at radius 1 is 0.575 bits per heavy atom. The molecule has 0 fully saturated rings. The van der Waals surface area contributed by atoms with Gasteiger partial charge in [0, 0.05) is 48.8 Å². The number of azo groups is 2. The van der Waals surface area contributed by atoms with Crippen LogP contribution in [0.4, 0.5) is 34.6 Å². The second-order valence-electron chi connectivity index (χ2n) is 10.3. The number of hydrogen-bond donors (Lipinski definition) is 0. The highest BCUT2D eigenvalue weighted by atomic mass is 15.3. The van der Waals surface area contributed by atoms with Gasteiger partial charge in [-0.3, -0.25) is 0 Å². The zero-order valence-electron chi connectivity index (χ0n) is 24.6. The van der Waals surface area contributed by atoms with Crippen LogP contribution in [-0.4, -0.2) is 36.3 Å². The first-order valence-corrected chi connectivity index (χ1v) is 13.8. The molecule has 0 unspecified atom stereocenters. The lowest BCUT2D eigenvalue weighted by atomic mass is 10.1. The van der Waals surface area contributed by atoms with E-state index in [2.05, 4.69) is 68.6 Å². The first kappa shape index (κ1) is 28.7. The molecule has 0 radical (unpaired) electrons. The Kier molecular flexibility index (Phi) is 9.77. The average molecular weight is 543 g/mol. The van der Waals surface area contributed by atoms with E-state index in [4.69, 9.17) is 0 Å². The predicted molar refractivity (Wildman–Crippen MR) is 159 cm³/mol. The number of unbranched alkanes of at least 4 members (excludes halogenated alkanes) is 3. The minimum absolute atomic E-state index is 0.807. The van der Waals surface area contributed by atoms with Gasteiger partial charge in [0.1, 0.15) is 11.4 Å². The van der Waals surface area contributed by atoms with Crippen LogP contribution in [-0.2, 0) is 28.2 Å². The number of hydrogen-bond acceptors (Lipinski definition) is 6. The molecule has 0 spiro atoms. The van der Waals surface area contributed by atoms with Crippen molar-refractivity contribution in [3.8, 4) is 0 Å². The number of benzene rings is 2. The molecular formula is C30H42N10+2. The average Bonchev–Trinajstić information content (AvgIpc) is 3.46. The van der Waals surface area contributed by atoms with Gasteiger partial charge >= 0.3 is 11.9 Å². The van der Waals surface area contributed by atoms with Crippen LogP contribution in [0.5, 0.6) is 0 Å². The summed E-state index contributed by atoms with van der Waals surface area (Å²) in [6, 6.07) is 16.5. The SMILES string of the molecule is CN(CCCCCCN(C)c1ccc(N=Nc2n(C)cc[n+]2C)cc1)c1ccc(N=Nc2n(C)cc[n+]2C)cc1. The molecule has 0 saturated heterocycles. The lowest BCUT2D eigenvalue weighted by molar-refractivity contribution is -0.657. The van der Waals surface area contributed by atoms with Crippen LogP contribution in [0.1, 0.15) is 25.7 Å². The van der Waals surface area contributed by atoms with Gasteiger partial charge in [0.05, 0.1) is 53.0 Å². The van der Waals surface area contributed by atoms with Crippen molar-refractivity contribution in [3.63, 3.8) is 0 Å². The van der Waals surface area contributed by atoms with E-state index < -0.39 is 0 Å². The lowest BCUT2D eigenvalue weighted by Crippen LogP contribution is -2.25. The second kappa shape index (κ2) is 13.6. The second-order valence-corrected chi connectivity index (χ2v) is 10.3. The van der Waals surface area contributed by atoms with E-state index in [0.717, 1.165) is 36.4 Å². The smallest absolute Gasteiger partial charge is 0.375 e. The topological polar surface area (TPSA) is 73.5 Å². The van der Waals surface area contributed by atoms with Crippen LogP contribution in [0.25, 0.3) is 0 Å². The quantitative estimate of drug-likeness (QED) is 0.118. The van der Waals surface area contributed by atoms with Crippen LogP contribution in [0.2, 0.25) is 0 Å². The van der Waals surface area contributed by atoms with Crippen LogP contribution in [0.15, 0.2) is 93.8 Å². The summed E-state index contributed by atoms with van der Waals surface area (Å²) in [5, 5.41) is 17.5. The third kappa shape index (κ3) is 7.62. The van der Waals surface area contributed by atoms with Crippen molar-refractivity contribution in [2.75, 3.05) is 37.0 Å². The highest BCUT2D eigenvalue weighted by Gasteiger charge is 2.11.